The first-order chi connectivity index (χ1) is 16.5. The molecule has 8 nitrogen and oxygen atoms in total. The molecule has 0 bridgehead atoms. The van der Waals surface area contributed by atoms with Crippen molar-refractivity contribution in [2.24, 2.45) is 10.2 Å². The summed E-state index contributed by atoms with van der Waals surface area (Å²) < 4.78 is 28.9. The van der Waals surface area contributed by atoms with Gasteiger partial charge >= 0.3 is 0 Å². The van der Waals surface area contributed by atoms with E-state index in [1.807, 2.05) is 0 Å². The quantitative estimate of drug-likeness (QED) is 0.300. The summed E-state index contributed by atoms with van der Waals surface area (Å²) in [6, 6.07) is 12.5. The number of phenolic OH excluding ortho intramolecular Hbond substituents is 1. The van der Waals surface area contributed by atoms with Crippen molar-refractivity contribution in [2.45, 2.75) is 6.54 Å². The fraction of sp³-hybridized carbons (Fsp3) is 0.125. The van der Waals surface area contributed by atoms with Gasteiger partial charge in [-0.1, -0.05) is 12.1 Å². The third-order valence-corrected chi connectivity index (χ3v) is 5.80. The van der Waals surface area contributed by atoms with Crippen molar-refractivity contribution in [3.8, 4) is 17.2 Å². The van der Waals surface area contributed by atoms with E-state index in [1.165, 1.54) is 43.7 Å². The highest BCUT2D eigenvalue weighted by atomic mass is 32.2. The van der Waals surface area contributed by atoms with Crippen LogP contribution in [0, 0.1) is 5.82 Å². The maximum absolute atomic E-state index is 13.2. The Morgan fingerprint density at radius 3 is 2.44 bits per heavy atom. The van der Waals surface area contributed by atoms with Gasteiger partial charge in [-0.15, -0.1) is 5.10 Å². The van der Waals surface area contributed by atoms with Crippen LogP contribution in [0.15, 0.2) is 74.3 Å². The largest absolute Gasteiger partial charge is 0.502 e. The molecule has 1 N–H and O–H groups in total. The summed E-state index contributed by atoms with van der Waals surface area (Å²) >= 11 is 1.14. The number of benzene rings is 2. The summed E-state index contributed by atoms with van der Waals surface area (Å²) in [4.78, 5) is 15.0. The van der Waals surface area contributed by atoms with Crippen molar-refractivity contribution in [1.82, 2.24) is 4.90 Å². The molecular weight excluding hydrogens is 461 g/mol. The average molecular weight is 482 g/mol. The Bertz CT molecular complexity index is 1250. The van der Waals surface area contributed by atoms with Crippen molar-refractivity contribution in [3.05, 3.63) is 82.4 Å². The summed E-state index contributed by atoms with van der Waals surface area (Å²) in [6.07, 6.45) is 4.65. The first-order valence-electron chi connectivity index (χ1n) is 10.0. The number of furan rings is 1. The Hall–Kier alpha value is -4.05. The number of amides is 1. The molecule has 0 unspecified atom stereocenters. The molecular formula is C24H20FN3O5S. The zero-order chi connectivity index (χ0) is 24.1. The summed E-state index contributed by atoms with van der Waals surface area (Å²) in [7, 11) is 2.85. The number of ether oxygens (including phenoxy) is 2. The summed E-state index contributed by atoms with van der Waals surface area (Å²) in [5.41, 5.74) is 1.26. The summed E-state index contributed by atoms with van der Waals surface area (Å²) in [5, 5.41) is 18.8. The van der Waals surface area contributed by atoms with Crippen LogP contribution >= 0.6 is 11.8 Å². The van der Waals surface area contributed by atoms with Crippen LogP contribution < -0.4 is 9.47 Å². The maximum atomic E-state index is 13.2. The van der Waals surface area contributed by atoms with Crippen molar-refractivity contribution >= 4 is 35.1 Å². The minimum atomic E-state index is -0.345. The number of rotatable bonds is 7. The lowest BCUT2D eigenvalue weighted by Gasteiger charge is -2.12. The average Bonchev–Trinajstić information content (AvgIpc) is 3.45. The number of carbonyl (C=O) groups is 1. The highest BCUT2D eigenvalue weighted by molar-refractivity contribution is 8.18. The number of phenols is 1. The minimum absolute atomic E-state index is 0.130. The molecule has 1 aliphatic rings. The summed E-state index contributed by atoms with van der Waals surface area (Å²) in [6.45, 7) is 0.170. The maximum Gasteiger partial charge on any atom is 0.267 e. The van der Waals surface area contributed by atoms with Gasteiger partial charge < -0.3 is 19.0 Å². The van der Waals surface area contributed by atoms with E-state index >= 15 is 0 Å². The monoisotopic (exact) mass is 481 g/mol. The number of halogens is 1. The Balaban J connectivity index is 1.66. The molecule has 1 aromatic heterocycles. The van der Waals surface area contributed by atoms with E-state index in [0.717, 1.165) is 11.8 Å². The zero-order valence-corrected chi connectivity index (χ0v) is 19.1. The van der Waals surface area contributed by atoms with Crippen LogP contribution in [0.3, 0.4) is 0 Å². The Kier molecular flexibility index (Phi) is 6.98. The van der Waals surface area contributed by atoms with E-state index in [2.05, 4.69) is 10.2 Å². The molecule has 174 valence electrons. The molecule has 4 rings (SSSR count). The van der Waals surface area contributed by atoms with Crippen LogP contribution in [-0.4, -0.2) is 41.5 Å². The fourth-order valence-corrected chi connectivity index (χ4v) is 4.06. The SMILES string of the molecule is COc1cc(/C=C2\S/C(=N/N=C\c3ccc(F)cc3)N(Cc3ccco3)C2=O)cc(OC)c1O. The van der Waals surface area contributed by atoms with E-state index in [-0.39, 0.29) is 35.5 Å². The summed E-state index contributed by atoms with van der Waals surface area (Å²) in [5.74, 6) is 0.247. The number of hydrogen-bond donors (Lipinski definition) is 1. The number of carbonyl (C=O) groups excluding carboxylic acids is 1. The van der Waals surface area contributed by atoms with E-state index < -0.39 is 0 Å². The first-order valence-corrected chi connectivity index (χ1v) is 10.9. The normalized spacial score (nSPS) is 16.2. The Morgan fingerprint density at radius 1 is 1.12 bits per heavy atom. The van der Waals surface area contributed by atoms with E-state index in [4.69, 9.17) is 13.9 Å². The molecule has 0 radical (unpaired) electrons. The molecule has 0 atom stereocenters. The molecule has 0 saturated carbocycles. The van der Waals surface area contributed by atoms with Gasteiger partial charge in [0.2, 0.25) is 5.75 Å². The lowest BCUT2D eigenvalue weighted by molar-refractivity contribution is -0.122. The van der Waals surface area contributed by atoms with Gasteiger partial charge in [0, 0.05) is 0 Å². The first kappa shape index (κ1) is 23.1. The minimum Gasteiger partial charge on any atom is -0.502 e. The number of nitrogens with zero attached hydrogens (tertiary/aromatic N) is 3. The molecule has 2 aromatic carbocycles. The van der Waals surface area contributed by atoms with Gasteiger partial charge in [0.1, 0.15) is 11.6 Å². The van der Waals surface area contributed by atoms with E-state index in [9.17, 15) is 14.3 Å². The van der Waals surface area contributed by atoms with Gasteiger partial charge in [-0.2, -0.15) is 5.10 Å². The molecule has 3 aromatic rings. The smallest absolute Gasteiger partial charge is 0.267 e. The van der Waals surface area contributed by atoms with E-state index in [1.54, 1.807) is 42.5 Å². The lowest BCUT2D eigenvalue weighted by Crippen LogP contribution is -2.28. The number of amidine groups is 1. The highest BCUT2D eigenvalue weighted by Crippen LogP contribution is 2.39. The predicted molar refractivity (Wildman–Crippen MR) is 127 cm³/mol. The molecule has 0 aliphatic carbocycles. The van der Waals surface area contributed by atoms with Crippen molar-refractivity contribution in [3.63, 3.8) is 0 Å². The molecule has 0 spiro atoms. The second-order valence-corrected chi connectivity index (χ2v) is 8.04. The van der Waals surface area contributed by atoms with Gasteiger partial charge in [0.15, 0.2) is 16.7 Å². The van der Waals surface area contributed by atoms with Crippen molar-refractivity contribution < 1.29 is 28.2 Å². The van der Waals surface area contributed by atoms with Crippen LogP contribution in [0.1, 0.15) is 16.9 Å². The topological polar surface area (TPSA) is 96.9 Å². The van der Waals surface area contributed by atoms with Crippen molar-refractivity contribution in [2.75, 3.05) is 14.2 Å². The molecule has 1 amide bonds. The predicted octanol–water partition coefficient (Wildman–Crippen LogP) is 4.65. The molecule has 2 heterocycles. The van der Waals surface area contributed by atoms with Gasteiger partial charge in [0.25, 0.3) is 5.91 Å². The second kappa shape index (κ2) is 10.3. The van der Waals surface area contributed by atoms with Crippen LogP contribution in [0.25, 0.3) is 6.08 Å². The zero-order valence-electron chi connectivity index (χ0n) is 18.3. The molecule has 1 fully saturated rings. The molecule has 34 heavy (non-hydrogen) atoms. The Morgan fingerprint density at radius 2 is 1.82 bits per heavy atom. The van der Waals surface area contributed by atoms with Crippen LogP contribution in [0.2, 0.25) is 0 Å². The number of methoxy groups -OCH3 is 2. The van der Waals surface area contributed by atoms with Crippen molar-refractivity contribution in [1.29, 1.82) is 0 Å². The molecule has 1 saturated heterocycles. The standard InChI is InChI=1S/C24H20FN3O5S/c1-31-19-10-16(11-20(32-2)22(19)29)12-21-23(30)28(14-18-4-3-9-33-18)24(34-21)27-26-13-15-5-7-17(25)8-6-15/h3-13,29H,14H2,1-2H3/b21-12-,26-13-,27-24+. The van der Waals surface area contributed by atoms with Crippen LogP contribution in [0.4, 0.5) is 4.39 Å². The second-order valence-electron chi connectivity index (χ2n) is 7.03. The van der Waals surface area contributed by atoms with Crippen LogP contribution in [0.5, 0.6) is 17.2 Å². The fourth-order valence-electron chi connectivity index (χ4n) is 3.12. The number of aromatic hydroxyl groups is 1. The van der Waals surface area contributed by atoms with Gasteiger partial charge in [-0.3, -0.25) is 9.69 Å². The third kappa shape index (κ3) is 5.12. The lowest BCUT2D eigenvalue weighted by atomic mass is 10.1. The molecule has 1 aliphatic heterocycles. The van der Waals surface area contributed by atoms with Gasteiger partial charge in [0.05, 0.1) is 38.1 Å². The highest BCUT2D eigenvalue weighted by Gasteiger charge is 2.34. The number of thioether (sulfide) groups is 1. The van der Waals surface area contributed by atoms with Gasteiger partial charge in [-0.25, -0.2) is 4.39 Å². The molecule has 10 heteroatoms. The third-order valence-electron chi connectivity index (χ3n) is 4.80. The Labute approximate surface area is 199 Å². The number of hydrogen-bond acceptors (Lipinski definition) is 8. The van der Waals surface area contributed by atoms with Gasteiger partial charge in [-0.05, 0) is 65.4 Å². The van der Waals surface area contributed by atoms with E-state index in [0.29, 0.717) is 27.0 Å². The van der Waals surface area contributed by atoms with Crippen LogP contribution in [-0.2, 0) is 11.3 Å².